The maximum atomic E-state index is 5.39. The Morgan fingerprint density at radius 1 is 1.54 bits per heavy atom. The van der Waals surface area contributed by atoms with Gasteiger partial charge in [-0.1, -0.05) is 26.5 Å². The number of aliphatic imine (C=N–C) groups is 1. The second-order valence-electron chi connectivity index (χ2n) is 2.47. The van der Waals surface area contributed by atoms with Crippen LogP contribution in [-0.4, -0.2) is 19.4 Å². The van der Waals surface area contributed by atoms with Crippen molar-refractivity contribution in [2.75, 3.05) is 13.7 Å². The lowest BCUT2D eigenvalue weighted by Gasteiger charge is -2.01. The quantitative estimate of drug-likeness (QED) is 0.600. The molecular formula is C11H19NO. The first-order valence-corrected chi connectivity index (χ1v) is 4.71. The van der Waals surface area contributed by atoms with Crippen LogP contribution in [-0.2, 0) is 4.74 Å². The van der Waals surface area contributed by atoms with Gasteiger partial charge in [0.15, 0.2) is 0 Å². The first-order valence-electron chi connectivity index (χ1n) is 4.71. The SMILES string of the molecule is C=CC1=C(C(C)=NC)OCC1.CC. The highest BCUT2D eigenvalue weighted by atomic mass is 16.5. The van der Waals surface area contributed by atoms with Crippen LogP contribution in [0.15, 0.2) is 29.0 Å². The van der Waals surface area contributed by atoms with Crippen LogP contribution < -0.4 is 0 Å². The zero-order chi connectivity index (χ0) is 10.3. The highest BCUT2D eigenvalue weighted by Crippen LogP contribution is 2.20. The number of ether oxygens (including phenoxy) is 1. The maximum absolute atomic E-state index is 5.39. The Bertz CT molecular complexity index is 226. The summed E-state index contributed by atoms with van der Waals surface area (Å²) in [7, 11) is 1.77. The molecule has 1 aliphatic rings. The van der Waals surface area contributed by atoms with Gasteiger partial charge < -0.3 is 4.74 Å². The van der Waals surface area contributed by atoms with Gasteiger partial charge in [-0.2, -0.15) is 0 Å². The second kappa shape index (κ2) is 6.46. The molecule has 0 aromatic carbocycles. The van der Waals surface area contributed by atoms with E-state index in [0.717, 1.165) is 24.5 Å². The van der Waals surface area contributed by atoms with Crippen LogP contribution in [0.2, 0.25) is 0 Å². The van der Waals surface area contributed by atoms with Crippen LogP contribution in [0.4, 0.5) is 0 Å². The molecule has 0 spiro atoms. The Hall–Kier alpha value is -1.05. The number of rotatable bonds is 2. The molecule has 0 unspecified atom stereocenters. The first-order chi connectivity index (χ1) is 6.29. The van der Waals surface area contributed by atoms with Gasteiger partial charge in [0.05, 0.1) is 12.3 Å². The molecule has 0 saturated heterocycles. The summed E-state index contributed by atoms with van der Waals surface area (Å²) in [5.41, 5.74) is 2.13. The fourth-order valence-corrected chi connectivity index (χ4v) is 1.10. The molecule has 1 heterocycles. The van der Waals surface area contributed by atoms with Gasteiger partial charge in [0.1, 0.15) is 5.76 Å². The summed E-state index contributed by atoms with van der Waals surface area (Å²) in [5, 5.41) is 0. The molecule has 0 radical (unpaired) electrons. The third-order valence-corrected chi connectivity index (χ3v) is 1.82. The Labute approximate surface area is 81.0 Å². The molecule has 2 nitrogen and oxygen atoms in total. The second-order valence-corrected chi connectivity index (χ2v) is 2.47. The van der Waals surface area contributed by atoms with Gasteiger partial charge in [-0.15, -0.1) is 0 Å². The Kier molecular flexibility index (Phi) is 5.94. The first kappa shape index (κ1) is 11.9. The molecular weight excluding hydrogens is 162 g/mol. The fraction of sp³-hybridized carbons (Fsp3) is 0.545. The number of nitrogens with zero attached hydrogens (tertiary/aromatic N) is 1. The summed E-state index contributed by atoms with van der Waals surface area (Å²) in [4.78, 5) is 4.05. The summed E-state index contributed by atoms with van der Waals surface area (Å²) in [6, 6.07) is 0. The number of hydrogen-bond acceptors (Lipinski definition) is 2. The minimum atomic E-state index is 0.767. The Morgan fingerprint density at radius 2 is 2.15 bits per heavy atom. The highest BCUT2D eigenvalue weighted by molar-refractivity contribution is 5.97. The normalized spacial score (nSPS) is 16.2. The largest absolute Gasteiger partial charge is 0.491 e. The molecule has 1 aliphatic heterocycles. The van der Waals surface area contributed by atoms with Gasteiger partial charge >= 0.3 is 0 Å². The van der Waals surface area contributed by atoms with Gasteiger partial charge in [-0.05, 0) is 12.5 Å². The number of hydrogen-bond donors (Lipinski definition) is 0. The molecule has 0 aromatic heterocycles. The van der Waals surface area contributed by atoms with E-state index in [4.69, 9.17) is 4.74 Å². The summed E-state index contributed by atoms with van der Waals surface area (Å²) >= 11 is 0. The van der Waals surface area contributed by atoms with Crippen molar-refractivity contribution in [1.82, 2.24) is 0 Å². The molecule has 74 valence electrons. The van der Waals surface area contributed by atoms with Crippen LogP contribution in [0.5, 0.6) is 0 Å². The molecule has 0 saturated carbocycles. The highest BCUT2D eigenvalue weighted by Gasteiger charge is 2.14. The van der Waals surface area contributed by atoms with Crippen LogP contribution in [0, 0.1) is 0 Å². The maximum Gasteiger partial charge on any atom is 0.143 e. The molecule has 0 bridgehead atoms. The third kappa shape index (κ3) is 3.05. The predicted octanol–water partition coefficient (Wildman–Crippen LogP) is 2.96. The Balaban J connectivity index is 0.000000671. The smallest absolute Gasteiger partial charge is 0.143 e. The standard InChI is InChI=1S/C9H13NO.C2H6/c1-4-8-5-6-11-9(8)7(2)10-3;1-2/h4H,1,5-6H2,2-3H3;1-2H3. The van der Waals surface area contributed by atoms with Gasteiger partial charge in [-0.25, -0.2) is 0 Å². The van der Waals surface area contributed by atoms with Crippen molar-refractivity contribution in [2.45, 2.75) is 27.2 Å². The van der Waals surface area contributed by atoms with Crippen molar-refractivity contribution in [2.24, 2.45) is 4.99 Å². The molecule has 0 aliphatic carbocycles. The third-order valence-electron chi connectivity index (χ3n) is 1.82. The van der Waals surface area contributed by atoms with E-state index in [1.54, 1.807) is 7.05 Å². The van der Waals surface area contributed by atoms with E-state index >= 15 is 0 Å². The molecule has 0 N–H and O–H groups in total. The molecule has 0 fully saturated rings. The van der Waals surface area contributed by atoms with E-state index in [9.17, 15) is 0 Å². The topological polar surface area (TPSA) is 21.6 Å². The van der Waals surface area contributed by atoms with E-state index in [1.165, 1.54) is 5.57 Å². The van der Waals surface area contributed by atoms with Crippen molar-refractivity contribution in [3.8, 4) is 0 Å². The van der Waals surface area contributed by atoms with Gasteiger partial charge in [0, 0.05) is 13.5 Å². The monoisotopic (exact) mass is 181 g/mol. The van der Waals surface area contributed by atoms with Gasteiger partial charge in [-0.3, -0.25) is 4.99 Å². The lowest BCUT2D eigenvalue weighted by molar-refractivity contribution is 0.263. The van der Waals surface area contributed by atoms with E-state index in [2.05, 4.69) is 11.6 Å². The zero-order valence-corrected chi connectivity index (χ0v) is 9.05. The zero-order valence-electron chi connectivity index (χ0n) is 9.05. The fourth-order valence-electron chi connectivity index (χ4n) is 1.10. The molecule has 2 heteroatoms. The van der Waals surface area contributed by atoms with Gasteiger partial charge in [0.25, 0.3) is 0 Å². The lowest BCUT2D eigenvalue weighted by atomic mass is 10.1. The molecule has 0 aromatic rings. The number of allylic oxidation sites excluding steroid dienone is 2. The van der Waals surface area contributed by atoms with Crippen LogP contribution in [0.3, 0.4) is 0 Å². The van der Waals surface area contributed by atoms with E-state index in [1.807, 2.05) is 26.8 Å². The van der Waals surface area contributed by atoms with Crippen molar-refractivity contribution < 1.29 is 4.74 Å². The van der Waals surface area contributed by atoms with E-state index in [-0.39, 0.29) is 0 Å². The lowest BCUT2D eigenvalue weighted by Crippen LogP contribution is -1.98. The summed E-state index contributed by atoms with van der Waals surface area (Å²) in [6.07, 6.45) is 2.81. The minimum Gasteiger partial charge on any atom is -0.491 e. The van der Waals surface area contributed by atoms with E-state index in [0.29, 0.717) is 0 Å². The average molecular weight is 181 g/mol. The molecule has 13 heavy (non-hydrogen) atoms. The summed E-state index contributed by atoms with van der Waals surface area (Å²) < 4.78 is 5.39. The van der Waals surface area contributed by atoms with Crippen molar-refractivity contribution in [3.05, 3.63) is 24.0 Å². The van der Waals surface area contributed by atoms with Crippen LogP contribution in [0.1, 0.15) is 27.2 Å². The summed E-state index contributed by atoms with van der Waals surface area (Å²) in [6.45, 7) is 10.4. The van der Waals surface area contributed by atoms with E-state index < -0.39 is 0 Å². The van der Waals surface area contributed by atoms with Crippen molar-refractivity contribution in [1.29, 1.82) is 0 Å². The molecule has 1 rings (SSSR count). The van der Waals surface area contributed by atoms with Crippen molar-refractivity contribution >= 4 is 5.71 Å². The molecule has 0 amide bonds. The van der Waals surface area contributed by atoms with Crippen LogP contribution in [0.25, 0.3) is 0 Å². The molecule has 0 atom stereocenters. The predicted molar refractivity (Wildman–Crippen MR) is 58.2 cm³/mol. The van der Waals surface area contributed by atoms with Crippen molar-refractivity contribution in [3.63, 3.8) is 0 Å². The average Bonchev–Trinajstić information content (AvgIpc) is 2.67. The Morgan fingerprint density at radius 3 is 2.62 bits per heavy atom. The minimum absolute atomic E-state index is 0.767. The van der Waals surface area contributed by atoms with Gasteiger partial charge in [0.2, 0.25) is 0 Å². The van der Waals surface area contributed by atoms with Crippen LogP contribution >= 0.6 is 0 Å². The summed E-state index contributed by atoms with van der Waals surface area (Å²) in [5.74, 6) is 0.919.